The maximum Gasteiger partial charge on any atom is 0.282 e. The molecule has 0 radical (unpaired) electrons. The minimum Gasteiger partial charge on any atom is -0.463 e. The molecule has 0 spiro atoms. The summed E-state index contributed by atoms with van der Waals surface area (Å²) in [7, 11) is 0. The minimum atomic E-state index is 0.141. The summed E-state index contributed by atoms with van der Waals surface area (Å²) in [6, 6.07) is 9.17. The van der Waals surface area contributed by atoms with E-state index in [1.807, 2.05) is 0 Å². The van der Waals surface area contributed by atoms with Gasteiger partial charge in [0, 0.05) is 18.8 Å². The summed E-state index contributed by atoms with van der Waals surface area (Å²) in [5, 5.41) is 0. The van der Waals surface area contributed by atoms with Crippen molar-refractivity contribution in [2.24, 2.45) is 10.7 Å². The molecule has 19 heavy (non-hydrogen) atoms. The Bertz CT molecular complexity index is 456. The van der Waals surface area contributed by atoms with E-state index in [9.17, 15) is 0 Å². The predicted octanol–water partition coefficient (Wildman–Crippen LogP) is 2.35. The number of ether oxygens (including phenoxy) is 1. The lowest BCUT2D eigenvalue weighted by Gasteiger charge is -2.25. The molecule has 0 fully saturated rings. The van der Waals surface area contributed by atoms with Crippen LogP contribution in [0.2, 0.25) is 0 Å². The quantitative estimate of drug-likeness (QED) is 0.885. The third-order valence-corrected chi connectivity index (χ3v) is 3.45. The van der Waals surface area contributed by atoms with E-state index in [-0.39, 0.29) is 6.04 Å². The van der Waals surface area contributed by atoms with Gasteiger partial charge in [-0.2, -0.15) is 0 Å². The van der Waals surface area contributed by atoms with Gasteiger partial charge in [-0.1, -0.05) is 26.0 Å². The Hall–Kier alpha value is -1.71. The first-order valence-electron chi connectivity index (χ1n) is 6.91. The van der Waals surface area contributed by atoms with E-state index < -0.39 is 0 Å². The van der Waals surface area contributed by atoms with Crippen LogP contribution in [0.15, 0.2) is 29.3 Å². The third kappa shape index (κ3) is 3.40. The highest BCUT2D eigenvalue weighted by Gasteiger charge is 2.19. The van der Waals surface area contributed by atoms with Crippen molar-refractivity contribution in [1.82, 2.24) is 0 Å². The van der Waals surface area contributed by atoms with Gasteiger partial charge in [-0.3, -0.25) is 0 Å². The Labute approximate surface area is 115 Å². The third-order valence-electron chi connectivity index (χ3n) is 3.45. The number of likely N-dealkylation sites (N-methyl/N-ethyl adjacent to an activating group) is 1. The van der Waals surface area contributed by atoms with Gasteiger partial charge in [-0.05, 0) is 30.5 Å². The number of hydrogen-bond donors (Lipinski definition) is 1. The summed E-state index contributed by atoms with van der Waals surface area (Å²) in [5.41, 5.74) is 8.16. The number of nitrogens with two attached hydrogens (primary N) is 1. The van der Waals surface area contributed by atoms with Crippen LogP contribution in [-0.4, -0.2) is 31.8 Å². The summed E-state index contributed by atoms with van der Waals surface area (Å²) in [6.07, 6.45) is 0. The molecule has 0 saturated carbocycles. The van der Waals surface area contributed by atoms with Gasteiger partial charge < -0.3 is 15.4 Å². The van der Waals surface area contributed by atoms with E-state index in [0.717, 1.165) is 13.1 Å². The van der Waals surface area contributed by atoms with E-state index in [4.69, 9.17) is 10.5 Å². The standard InChI is InChI=1S/C15H23N3O/c1-4-18(9-13-10-19-15(16)17-13)14-7-5-6-12(8-14)11(2)3/h5-8,11,13H,4,9-10H2,1-3H3,(H2,16,17). The smallest absolute Gasteiger partial charge is 0.282 e. The number of nitrogens with zero attached hydrogens (tertiary/aromatic N) is 2. The summed E-state index contributed by atoms with van der Waals surface area (Å²) in [5.74, 6) is 0.544. The second-order valence-electron chi connectivity index (χ2n) is 5.22. The van der Waals surface area contributed by atoms with Gasteiger partial charge in [0.25, 0.3) is 6.02 Å². The molecule has 0 aromatic heterocycles. The van der Waals surface area contributed by atoms with E-state index in [1.54, 1.807) is 0 Å². The maximum atomic E-state index is 5.55. The SMILES string of the molecule is CCN(CC1COC(N)=N1)c1cccc(C(C)C)c1. The van der Waals surface area contributed by atoms with Crippen LogP contribution >= 0.6 is 0 Å². The summed E-state index contributed by atoms with van der Waals surface area (Å²) in [4.78, 5) is 6.61. The number of rotatable bonds is 5. The first kappa shape index (κ1) is 13.7. The Morgan fingerprint density at radius 3 is 2.84 bits per heavy atom. The highest BCUT2D eigenvalue weighted by atomic mass is 16.5. The first-order valence-corrected chi connectivity index (χ1v) is 6.91. The largest absolute Gasteiger partial charge is 0.463 e. The number of anilines is 1. The van der Waals surface area contributed by atoms with Crippen LogP contribution in [0.1, 0.15) is 32.3 Å². The Morgan fingerprint density at radius 1 is 1.47 bits per heavy atom. The summed E-state index contributed by atoms with van der Waals surface area (Å²) < 4.78 is 5.21. The number of hydrogen-bond acceptors (Lipinski definition) is 4. The molecule has 1 aliphatic rings. The Morgan fingerprint density at radius 2 is 2.26 bits per heavy atom. The number of benzene rings is 1. The zero-order chi connectivity index (χ0) is 13.8. The topological polar surface area (TPSA) is 50.9 Å². The normalized spacial score (nSPS) is 18.3. The van der Waals surface area contributed by atoms with E-state index in [2.05, 4.69) is 54.9 Å². The molecule has 1 unspecified atom stereocenters. The van der Waals surface area contributed by atoms with Crippen LogP contribution in [0, 0.1) is 0 Å². The van der Waals surface area contributed by atoms with Crippen molar-refractivity contribution in [3.05, 3.63) is 29.8 Å². The molecule has 1 atom stereocenters. The van der Waals surface area contributed by atoms with Crippen molar-refractivity contribution in [1.29, 1.82) is 0 Å². The molecule has 0 amide bonds. The Kier molecular flexibility index (Phi) is 4.30. The molecule has 104 valence electrons. The minimum absolute atomic E-state index is 0.141. The average molecular weight is 261 g/mol. The molecule has 2 N–H and O–H groups in total. The van der Waals surface area contributed by atoms with Crippen molar-refractivity contribution < 1.29 is 4.74 Å². The average Bonchev–Trinajstić information content (AvgIpc) is 2.81. The fourth-order valence-corrected chi connectivity index (χ4v) is 2.28. The second-order valence-corrected chi connectivity index (χ2v) is 5.22. The van der Waals surface area contributed by atoms with Crippen LogP contribution < -0.4 is 10.6 Å². The molecule has 0 saturated heterocycles. The van der Waals surface area contributed by atoms with Gasteiger partial charge >= 0.3 is 0 Å². The van der Waals surface area contributed by atoms with Gasteiger partial charge in [0.05, 0.1) is 0 Å². The number of amidine groups is 1. The van der Waals surface area contributed by atoms with Gasteiger partial charge in [-0.25, -0.2) is 4.99 Å². The molecule has 1 aliphatic heterocycles. The molecule has 1 aromatic rings. The van der Waals surface area contributed by atoms with Gasteiger partial charge in [0.2, 0.25) is 0 Å². The van der Waals surface area contributed by atoms with Crippen LogP contribution in [0.25, 0.3) is 0 Å². The van der Waals surface area contributed by atoms with Crippen molar-refractivity contribution in [3.8, 4) is 0 Å². The predicted molar refractivity (Wildman–Crippen MR) is 79.8 cm³/mol. The monoisotopic (exact) mass is 261 g/mol. The first-order chi connectivity index (χ1) is 9.10. The zero-order valence-electron chi connectivity index (χ0n) is 12.0. The van der Waals surface area contributed by atoms with Crippen LogP contribution in [-0.2, 0) is 4.74 Å². The number of aliphatic imine (C=N–C) groups is 1. The van der Waals surface area contributed by atoms with Gasteiger partial charge in [0.1, 0.15) is 12.6 Å². The van der Waals surface area contributed by atoms with Crippen LogP contribution in [0.3, 0.4) is 0 Å². The lowest BCUT2D eigenvalue weighted by molar-refractivity contribution is 0.313. The molecule has 0 bridgehead atoms. The zero-order valence-corrected chi connectivity index (χ0v) is 12.0. The van der Waals surface area contributed by atoms with Crippen LogP contribution in [0.5, 0.6) is 0 Å². The molecular formula is C15H23N3O. The molecule has 4 heteroatoms. The molecule has 4 nitrogen and oxygen atoms in total. The van der Waals surface area contributed by atoms with Crippen LogP contribution in [0.4, 0.5) is 5.69 Å². The van der Waals surface area contributed by atoms with Gasteiger partial charge in [0.15, 0.2) is 0 Å². The molecular weight excluding hydrogens is 238 g/mol. The van der Waals surface area contributed by atoms with Crippen molar-refractivity contribution in [2.75, 3.05) is 24.6 Å². The van der Waals surface area contributed by atoms with Crippen molar-refractivity contribution in [3.63, 3.8) is 0 Å². The van der Waals surface area contributed by atoms with Crippen molar-refractivity contribution >= 4 is 11.7 Å². The lowest BCUT2D eigenvalue weighted by atomic mass is 10.0. The van der Waals surface area contributed by atoms with E-state index in [0.29, 0.717) is 18.5 Å². The van der Waals surface area contributed by atoms with E-state index >= 15 is 0 Å². The molecule has 1 heterocycles. The maximum absolute atomic E-state index is 5.55. The fraction of sp³-hybridized carbons (Fsp3) is 0.533. The Balaban J connectivity index is 2.10. The van der Waals surface area contributed by atoms with E-state index in [1.165, 1.54) is 11.3 Å². The summed E-state index contributed by atoms with van der Waals surface area (Å²) in [6.45, 7) is 8.97. The highest BCUT2D eigenvalue weighted by Crippen LogP contribution is 2.22. The fourth-order valence-electron chi connectivity index (χ4n) is 2.28. The lowest BCUT2D eigenvalue weighted by Crippen LogP contribution is -2.32. The van der Waals surface area contributed by atoms with Gasteiger partial charge in [-0.15, -0.1) is 0 Å². The summed E-state index contributed by atoms with van der Waals surface area (Å²) >= 11 is 0. The highest BCUT2D eigenvalue weighted by molar-refractivity contribution is 5.73. The molecule has 2 rings (SSSR count). The molecule has 0 aliphatic carbocycles. The van der Waals surface area contributed by atoms with Crippen molar-refractivity contribution in [2.45, 2.75) is 32.7 Å². The second kappa shape index (κ2) is 5.95. The molecule has 1 aromatic carbocycles.